The molecule has 6 heteroatoms. The molecule has 2 aromatic rings. The lowest BCUT2D eigenvalue weighted by Gasteiger charge is -2.00. The summed E-state index contributed by atoms with van der Waals surface area (Å²) in [6.07, 6.45) is 1.62. The Balaban J connectivity index is 2.33. The van der Waals surface area contributed by atoms with Crippen molar-refractivity contribution in [2.75, 3.05) is 5.43 Å². The summed E-state index contributed by atoms with van der Waals surface area (Å²) >= 11 is 3.36. The van der Waals surface area contributed by atoms with Gasteiger partial charge in [0.15, 0.2) is 0 Å². The molecule has 0 aliphatic heterocycles. The standard InChI is InChI=1S/C9H8BrN5/c10-7-3-1-6(2-4-7)8-5-12-9(13-11)15-14-8/h1-5H,11H2,(H,12,13,15). The molecule has 0 saturated heterocycles. The fourth-order valence-corrected chi connectivity index (χ4v) is 1.36. The topological polar surface area (TPSA) is 76.7 Å². The third-order valence-electron chi connectivity index (χ3n) is 1.83. The number of rotatable bonds is 2. The van der Waals surface area contributed by atoms with Crippen LogP contribution in [0.4, 0.5) is 5.95 Å². The first-order valence-electron chi connectivity index (χ1n) is 4.22. The van der Waals surface area contributed by atoms with Gasteiger partial charge in [0.25, 0.3) is 5.95 Å². The van der Waals surface area contributed by atoms with Gasteiger partial charge >= 0.3 is 0 Å². The third kappa shape index (κ3) is 2.28. The van der Waals surface area contributed by atoms with Crippen LogP contribution >= 0.6 is 15.9 Å². The van der Waals surface area contributed by atoms with Crippen LogP contribution in [0.3, 0.4) is 0 Å². The highest BCUT2D eigenvalue weighted by Gasteiger charge is 2.00. The molecule has 1 heterocycles. The van der Waals surface area contributed by atoms with E-state index in [1.54, 1.807) is 6.20 Å². The molecule has 1 aromatic heterocycles. The number of nitrogens with one attached hydrogen (secondary N) is 1. The third-order valence-corrected chi connectivity index (χ3v) is 2.36. The zero-order valence-corrected chi connectivity index (χ0v) is 9.27. The van der Waals surface area contributed by atoms with Crippen molar-refractivity contribution in [2.45, 2.75) is 0 Å². The van der Waals surface area contributed by atoms with E-state index < -0.39 is 0 Å². The molecule has 5 nitrogen and oxygen atoms in total. The Hall–Kier alpha value is -1.53. The molecule has 0 radical (unpaired) electrons. The van der Waals surface area contributed by atoms with Gasteiger partial charge in [-0.3, -0.25) is 5.43 Å². The second-order valence-corrected chi connectivity index (χ2v) is 3.73. The van der Waals surface area contributed by atoms with E-state index in [0.29, 0.717) is 11.6 Å². The summed E-state index contributed by atoms with van der Waals surface area (Å²) in [6.45, 7) is 0. The van der Waals surface area contributed by atoms with Crippen LogP contribution < -0.4 is 11.3 Å². The molecule has 2 rings (SSSR count). The summed E-state index contributed by atoms with van der Waals surface area (Å²) in [5.41, 5.74) is 3.99. The van der Waals surface area contributed by atoms with E-state index in [2.05, 4.69) is 36.5 Å². The van der Waals surface area contributed by atoms with Gasteiger partial charge in [-0.25, -0.2) is 10.8 Å². The molecule has 0 fully saturated rings. The van der Waals surface area contributed by atoms with E-state index in [1.807, 2.05) is 24.3 Å². The quantitative estimate of drug-likeness (QED) is 0.637. The van der Waals surface area contributed by atoms with Crippen molar-refractivity contribution in [3.63, 3.8) is 0 Å². The Morgan fingerprint density at radius 2 is 1.87 bits per heavy atom. The van der Waals surface area contributed by atoms with E-state index in [-0.39, 0.29) is 0 Å². The highest BCUT2D eigenvalue weighted by atomic mass is 79.9. The van der Waals surface area contributed by atoms with Crippen LogP contribution in [0.15, 0.2) is 34.9 Å². The van der Waals surface area contributed by atoms with E-state index in [9.17, 15) is 0 Å². The van der Waals surface area contributed by atoms with Crippen molar-refractivity contribution in [3.05, 3.63) is 34.9 Å². The second-order valence-electron chi connectivity index (χ2n) is 2.82. The summed E-state index contributed by atoms with van der Waals surface area (Å²) in [5, 5.41) is 7.77. The maximum atomic E-state index is 5.14. The Bertz CT molecular complexity index is 439. The predicted octanol–water partition coefficient (Wildman–Crippen LogP) is 1.59. The molecule has 0 aliphatic carbocycles. The Morgan fingerprint density at radius 1 is 1.13 bits per heavy atom. The molecular formula is C9H8BrN5. The van der Waals surface area contributed by atoms with E-state index >= 15 is 0 Å². The summed E-state index contributed by atoms with van der Waals surface area (Å²) in [7, 11) is 0. The Morgan fingerprint density at radius 3 is 2.40 bits per heavy atom. The summed E-state index contributed by atoms with van der Waals surface area (Å²) in [5.74, 6) is 5.44. The normalized spacial score (nSPS) is 10.0. The van der Waals surface area contributed by atoms with Crippen LogP contribution in [0.2, 0.25) is 0 Å². The summed E-state index contributed by atoms with van der Waals surface area (Å²) in [4.78, 5) is 3.97. The molecule has 0 atom stereocenters. The van der Waals surface area contributed by atoms with Gasteiger partial charge in [0, 0.05) is 10.0 Å². The highest BCUT2D eigenvalue weighted by molar-refractivity contribution is 9.10. The van der Waals surface area contributed by atoms with Crippen molar-refractivity contribution < 1.29 is 0 Å². The number of nitrogens with zero attached hydrogens (tertiary/aromatic N) is 3. The van der Waals surface area contributed by atoms with Gasteiger partial charge < -0.3 is 0 Å². The number of aromatic nitrogens is 3. The molecular weight excluding hydrogens is 258 g/mol. The highest BCUT2D eigenvalue weighted by Crippen LogP contribution is 2.18. The van der Waals surface area contributed by atoms with Crippen LogP contribution in [0.25, 0.3) is 11.3 Å². The maximum Gasteiger partial charge on any atom is 0.256 e. The van der Waals surface area contributed by atoms with Crippen LogP contribution in [0, 0.1) is 0 Å². The molecule has 0 unspecified atom stereocenters. The molecule has 0 spiro atoms. The summed E-state index contributed by atoms with van der Waals surface area (Å²) in [6, 6.07) is 7.74. The second kappa shape index (κ2) is 4.33. The van der Waals surface area contributed by atoms with Crippen LogP contribution in [0.5, 0.6) is 0 Å². The van der Waals surface area contributed by atoms with E-state index in [0.717, 1.165) is 10.0 Å². The van der Waals surface area contributed by atoms with Gasteiger partial charge in [0.2, 0.25) is 0 Å². The number of anilines is 1. The fourth-order valence-electron chi connectivity index (χ4n) is 1.09. The molecule has 3 N–H and O–H groups in total. The molecule has 0 aliphatic rings. The van der Waals surface area contributed by atoms with Gasteiger partial charge in [-0.1, -0.05) is 28.1 Å². The zero-order valence-electron chi connectivity index (χ0n) is 7.68. The molecule has 0 saturated carbocycles. The van der Waals surface area contributed by atoms with Gasteiger partial charge in [-0.2, -0.15) is 0 Å². The minimum absolute atomic E-state index is 0.302. The minimum Gasteiger partial charge on any atom is -0.291 e. The molecule has 15 heavy (non-hydrogen) atoms. The Kier molecular flexibility index (Phi) is 2.89. The molecule has 0 amide bonds. The lowest BCUT2D eigenvalue weighted by Crippen LogP contribution is -2.11. The van der Waals surface area contributed by atoms with Crippen LogP contribution in [-0.2, 0) is 0 Å². The average molecular weight is 266 g/mol. The largest absolute Gasteiger partial charge is 0.291 e. The van der Waals surface area contributed by atoms with E-state index in [4.69, 9.17) is 5.84 Å². The minimum atomic E-state index is 0.302. The van der Waals surface area contributed by atoms with Crippen LogP contribution in [0.1, 0.15) is 0 Å². The lowest BCUT2D eigenvalue weighted by molar-refractivity contribution is 0.968. The van der Waals surface area contributed by atoms with Crippen molar-refractivity contribution in [3.8, 4) is 11.3 Å². The molecule has 0 bridgehead atoms. The lowest BCUT2D eigenvalue weighted by atomic mass is 10.2. The predicted molar refractivity (Wildman–Crippen MR) is 60.8 cm³/mol. The number of hydrazine groups is 1. The van der Waals surface area contributed by atoms with Crippen molar-refractivity contribution in [1.29, 1.82) is 0 Å². The van der Waals surface area contributed by atoms with Crippen molar-refractivity contribution >= 4 is 21.9 Å². The number of halogens is 1. The van der Waals surface area contributed by atoms with Crippen molar-refractivity contribution in [1.82, 2.24) is 15.2 Å². The van der Waals surface area contributed by atoms with Crippen molar-refractivity contribution in [2.24, 2.45) is 5.84 Å². The number of hydrogen-bond acceptors (Lipinski definition) is 5. The number of benzene rings is 1. The summed E-state index contributed by atoms with van der Waals surface area (Å²) < 4.78 is 1.02. The molecule has 76 valence electrons. The first-order chi connectivity index (χ1) is 7.29. The number of nitrogen functional groups attached to an aromatic ring is 1. The van der Waals surface area contributed by atoms with Gasteiger partial charge in [0.05, 0.1) is 6.20 Å². The first kappa shape index (κ1) is 10.0. The van der Waals surface area contributed by atoms with E-state index in [1.165, 1.54) is 0 Å². The SMILES string of the molecule is NNc1ncc(-c2ccc(Br)cc2)nn1. The zero-order chi connectivity index (χ0) is 10.7. The van der Waals surface area contributed by atoms with Gasteiger partial charge in [-0.15, -0.1) is 10.2 Å². The first-order valence-corrected chi connectivity index (χ1v) is 5.01. The molecule has 1 aromatic carbocycles. The monoisotopic (exact) mass is 265 g/mol. The number of hydrogen-bond donors (Lipinski definition) is 2. The fraction of sp³-hybridized carbons (Fsp3) is 0. The number of nitrogens with two attached hydrogens (primary N) is 1. The average Bonchev–Trinajstić information content (AvgIpc) is 2.30. The smallest absolute Gasteiger partial charge is 0.256 e. The van der Waals surface area contributed by atoms with Crippen LogP contribution in [-0.4, -0.2) is 15.2 Å². The van der Waals surface area contributed by atoms with Gasteiger partial charge in [0.1, 0.15) is 5.69 Å². The Labute approximate surface area is 94.8 Å². The van der Waals surface area contributed by atoms with Gasteiger partial charge in [-0.05, 0) is 12.1 Å². The maximum absolute atomic E-state index is 5.14.